The van der Waals surface area contributed by atoms with E-state index in [-0.39, 0.29) is 30.3 Å². The highest BCUT2D eigenvalue weighted by Crippen LogP contribution is 2.51. The van der Waals surface area contributed by atoms with E-state index in [1.54, 1.807) is 0 Å². The van der Waals surface area contributed by atoms with Crippen molar-refractivity contribution in [3.63, 3.8) is 0 Å². The molecule has 6 aromatic rings. The number of carbonyl (C=O) groups is 4. The first-order valence-corrected chi connectivity index (χ1v) is 29.9. The Labute approximate surface area is 465 Å². The lowest BCUT2D eigenvalue weighted by atomic mass is 9.81. The smallest absolute Gasteiger partial charge is 0.308 e. The van der Waals surface area contributed by atoms with E-state index in [1.807, 2.05) is 40.1 Å². The Morgan fingerprint density at radius 2 is 1.05 bits per heavy atom. The largest absolute Gasteiger partial charge is 0.489 e. The van der Waals surface area contributed by atoms with Crippen molar-refractivity contribution in [3.8, 4) is 45.5 Å². The average molecular weight is 1070 g/mol. The number of para-hydroxylation sites is 2. The number of likely N-dealkylation sites (tertiary alicyclic amines) is 2. The highest BCUT2D eigenvalue weighted by molar-refractivity contribution is 5.98. The van der Waals surface area contributed by atoms with Crippen LogP contribution in [0.2, 0.25) is 0 Å². The van der Waals surface area contributed by atoms with Gasteiger partial charge in [0.2, 0.25) is 11.8 Å². The Morgan fingerprint density at radius 1 is 0.570 bits per heavy atom. The van der Waals surface area contributed by atoms with Crippen molar-refractivity contribution in [2.45, 2.75) is 155 Å². The lowest BCUT2D eigenvalue weighted by molar-refractivity contribution is -0.132. The van der Waals surface area contributed by atoms with Crippen molar-refractivity contribution >= 4 is 56.9 Å². The molecule has 0 bridgehead atoms. The van der Waals surface area contributed by atoms with E-state index < -0.39 is 0 Å². The molecule has 2 amide bonds. The molecule has 4 aromatic carbocycles. The molecule has 0 radical (unpaired) electrons. The normalized spacial score (nSPS) is 17.6. The van der Waals surface area contributed by atoms with Gasteiger partial charge in [0.25, 0.3) is 0 Å². The first-order valence-electron chi connectivity index (χ1n) is 29.9. The van der Waals surface area contributed by atoms with Crippen LogP contribution in [0.4, 0.5) is 11.4 Å². The van der Waals surface area contributed by atoms with Gasteiger partial charge in [-0.15, -0.1) is 0 Å². The molecule has 14 heteroatoms. The number of fused-ring (bicyclic) bond motifs is 10. The Bertz CT molecular complexity index is 3190. The third-order valence-corrected chi connectivity index (χ3v) is 17.4. The van der Waals surface area contributed by atoms with Crippen LogP contribution in [0.5, 0.6) is 23.0 Å². The maximum Gasteiger partial charge on any atom is 0.308 e. The van der Waals surface area contributed by atoms with E-state index in [0.717, 1.165) is 110 Å². The van der Waals surface area contributed by atoms with Gasteiger partial charge >= 0.3 is 11.9 Å². The van der Waals surface area contributed by atoms with Gasteiger partial charge in [-0.05, 0) is 142 Å². The molecule has 2 saturated carbocycles. The van der Waals surface area contributed by atoms with Gasteiger partial charge in [0.05, 0.1) is 60.0 Å². The van der Waals surface area contributed by atoms with Crippen molar-refractivity contribution in [2.75, 3.05) is 69.2 Å². The Balaban J connectivity index is 0.000000168. The molecule has 6 aliphatic rings. The maximum absolute atomic E-state index is 13.4. The first kappa shape index (κ1) is 54.0. The Kier molecular flexibility index (Phi) is 16.8. The molecule has 2 aliphatic carbocycles. The van der Waals surface area contributed by atoms with Gasteiger partial charge in [0.1, 0.15) is 24.7 Å². The van der Waals surface area contributed by atoms with Crippen LogP contribution < -0.4 is 29.2 Å². The van der Waals surface area contributed by atoms with Crippen molar-refractivity contribution in [2.24, 2.45) is 0 Å². The monoisotopic (exact) mass is 1070 g/mol. The van der Waals surface area contributed by atoms with E-state index in [0.29, 0.717) is 56.2 Å². The summed E-state index contributed by atoms with van der Waals surface area (Å²) in [6.07, 6.45) is 20.0. The summed E-state index contributed by atoms with van der Waals surface area (Å²) in [5, 5.41) is 5.88. The molecular formula is C65H80N6O8. The number of rotatable bonds is 12. The molecule has 4 fully saturated rings. The van der Waals surface area contributed by atoms with E-state index in [4.69, 9.17) is 18.9 Å². The zero-order valence-electron chi connectivity index (χ0n) is 46.9. The van der Waals surface area contributed by atoms with Crippen LogP contribution in [-0.2, 0) is 32.3 Å². The number of piperidine rings is 2. The summed E-state index contributed by atoms with van der Waals surface area (Å²) in [7, 11) is 0. The fraction of sp³-hybridized carbons (Fsp3) is 0.508. The summed E-state index contributed by atoms with van der Waals surface area (Å²) in [4.78, 5) is 55.9. The number of hydrogen-bond acceptors (Lipinski definition) is 10. The summed E-state index contributed by atoms with van der Waals surface area (Å²) in [5.74, 6) is 3.52. The number of benzene rings is 4. The van der Waals surface area contributed by atoms with Crippen molar-refractivity contribution in [3.05, 3.63) is 83.9 Å². The van der Waals surface area contributed by atoms with Crippen molar-refractivity contribution in [1.29, 1.82) is 0 Å². The van der Waals surface area contributed by atoms with Gasteiger partial charge in [-0.25, -0.2) is 0 Å². The van der Waals surface area contributed by atoms with Crippen LogP contribution in [0.3, 0.4) is 0 Å². The average Bonchev–Trinajstić information content (AvgIpc) is 3.88. The van der Waals surface area contributed by atoms with Crippen LogP contribution in [0, 0.1) is 0 Å². The van der Waals surface area contributed by atoms with Gasteiger partial charge < -0.3 is 48.1 Å². The third-order valence-electron chi connectivity index (χ3n) is 17.4. The van der Waals surface area contributed by atoms with Crippen LogP contribution in [0.1, 0.15) is 153 Å². The Morgan fingerprint density at radius 3 is 1.57 bits per heavy atom. The molecule has 6 heterocycles. The number of aromatic nitrogens is 2. The minimum Gasteiger partial charge on any atom is -0.489 e. The van der Waals surface area contributed by atoms with Crippen LogP contribution in [0.25, 0.3) is 44.3 Å². The molecule has 1 N–H and O–H groups in total. The zero-order chi connectivity index (χ0) is 54.4. The van der Waals surface area contributed by atoms with Crippen LogP contribution in [-0.4, -0.2) is 102 Å². The number of amides is 2. The minimum absolute atomic E-state index is 0.144. The van der Waals surface area contributed by atoms with Gasteiger partial charge in [0, 0.05) is 80.6 Å². The molecule has 2 saturated heterocycles. The Hall–Kier alpha value is -6.96. The maximum atomic E-state index is 13.4. The SMILES string of the molecule is CC(=O)Oc1ccc2c(C3CCCCC3)c3n(c2c1)CCOc1c(NCC(=O)N2CCCCC2)cccc1-3.CCCN(CC(=O)N1CCCCC1)c1cccc2c1OCCn1c-2c(C2CCCCC2)c2ccc(OC(C)=O)cc21. The molecular weight excluding hydrogens is 993 g/mol. The first-order chi connectivity index (χ1) is 38.6. The summed E-state index contributed by atoms with van der Waals surface area (Å²) in [6.45, 7) is 12.4. The number of esters is 2. The molecule has 418 valence electrons. The van der Waals surface area contributed by atoms with Crippen molar-refractivity contribution in [1.82, 2.24) is 18.9 Å². The predicted molar refractivity (Wildman–Crippen MR) is 312 cm³/mol. The van der Waals surface area contributed by atoms with Crippen LogP contribution in [0.15, 0.2) is 72.8 Å². The second kappa shape index (κ2) is 24.6. The number of anilines is 2. The number of carbonyl (C=O) groups excluding carboxylic acids is 4. The van der Waals surface area contributed by atoms with E-state index in [2.05, 4.69) is 68.7 Å². The van der Waals surface area contributed by atoms with E-state index in [1.165, 1.54) is 124 Å². The number of nitrogens with zero attached hydrogens (tertiary/aromatic N) is 5. The fourth-order valence-corrected chi connectivity index (χ4v) is 13.8. The van der Waals surface area contributed by atoms with Gasteiger partial charge in [-0.3, -0.25) is 19.2 Å². The summed E-state index contributed by atoms with van der Waals surface area (Å²) in [5.41, 5.74) is 11.4. The third kappa shape index (κ3) is 11.6. The standard InChI is InChI=1S/C34H43N3O4.C31H37N3O4/c1-3-17-36(23-31(39)35-18-8-5-9-19-35)29-14-10-13-28-33-32(25-11-6-4-7-12-25)27-16-15-26(41-24(2)38)22-30(27)37(33)20-21-40-34(28)29;1-21(35)38-23-13-14-24-27(19-23)34-17-18-37-31-25(30(34)29(24)22-9-4-2-5-10-22)11-8-12-26(31)32-20-28(36)33-15-6-3-7-16-33/h10,13-16,22,25H,3-9,11-12,17-21,23H2,1-2H3;8,11-14,19,22,32H,2-7,9-10,15-18,20H2,1H3. The second-order valence-electron chi connectivity index (χ2n) is 22.7. The quantitative estimate of drug-likeness (QED) is 0.0931. The van der Waals surface area contributed by atoms with Gasteiger partial charge in [-0.1, -0.05) is 57.6 Å². The molecule has 12 rings (SSSR count). The molecule has 79 heavy (non-hydrogen) atoms. The fourth-order valence-electron chi connectivity index (χ4n) is 13.8. The minimum atomic E-state index is -0.317. The summed E-state index contributed by atoms with van der Waals surface area (Å²) >= 11 is 0. The van der Waals surface area contributed by atoms with Gasteiger partial charge in [0.15, 0.2) is 11.5 Å². The van der Waals surface area contributed by atoms with E-state index >= 15 is 0 Å². The zero-order valence-corrected chi connectivity index (χ0v) is 46.9. The summed E-state index contributed by atoms with van der Waals surface area (Å²) < 4.78 is 28.7. The van der Waals surface area contributed by atoms with Crippen LogP contribution >= 0.6 is 0 Å². The molecule has 4 aliphatic heterocycles. The van der Waals surface area contributed by atoms with Gasteiger partial charge in [-0.2, -0.15) is 0 Å². The molecule has 2 aromatic heterocycles. The molecule has 14 nitrogen and oxygen atoms in total. The highest BCUT2D eigenvalue weighted by atomic mass is 16.5. The molecule has 0 unspecified atom stereocenters. The topological polar surface area (TPSA) is 137 Å². The van der Waals surface area contributed by atoms with Crippen molar-refractivity contribution < 1.29 is 38.1 Å². The predicted octanol–water partition coefficient (Wildman–Crippen LogP) is 13.0. The lowest BCUT2D eigenvalue weighted by Crippen LogP contribution is -2.43. The highest BCUT2D eigenvalue weighted by Gasteiger charge is 2.34. The number of hydrogen-bond donors (Lipinski definition) is 1. The molecule has 0 spiro atoms. The molecule has 0 atom stereocenters. The second-order valence-corrected chi connectivity index (χ2v) is 22.7. The van der Waals surface area contributed by atoms with E-state index in [9.17, 15) is 19.2 Å². The lowest BCUT2D eigenvalue weighted by Gasteiger charge is -2.32. The number of nitrogens with one attached hydrogen (secondary N) is 1. The summed E-state index contributed by atoms with van der Waals surface area (Å²) in [6, 6.07) is 24.8. The number of ether oxygens (including phenoxy) is 4.